The van der Waals surface area contributed by atoms with Gasteiger partial charge in [-0.2, -0.15) is 26.3 Å². The first-order chi connectivity index (χ1) is 19.1. The number of rotatable bonds is 11. The van der Waals surface area contributed by atoms with Gasteiger partial charge >= 0.3 is 17.9 Å². The molecular formula is C27H29F6N3O4S. The summed E-state index contributed by atoms with van der Waals surface area (Å²) in [5.74, 6) is -3.50. The SMILES string of the molecule is CCCCCC(=O)NS(=O)(=O)c1ccccc1-c1ccc(CN2C(=O)C(C(F)(F)F)(C(F)(F)F)N=C2CCC)cc1. The van der Waals surface area contributed by atoms with Crippen molar-refractivity contribution in [1.29, 1.82) is 0 Å². The fraction of sp³-hybridized carbons (Fsp3) is 0.444. The Morgan fingerprint density at radius 1 is 0.927 bits per heavy atom. The first-order valence-electron chi connectivity index (χ1n) is 12.9. The standard InChI is InChI=1S/C27H29F6N3O4S/c1-3-5-6-12-23(37)35-41(39,40)21-11-8-7-10-20(21)19-15-13-18(14-16-19)17-36-22(9-4-2)34-25(24(36)38,26(28,29)30)27(31,32)33/h7-8,10-11,13-16H,3-6,9,12,17H2,1-2H3,(H,35,37). The molecule has 0 atom stereocenters. The molecule has 0 saturated heterocycles. The van der Waals surface area contributed by atoms with Crippen LogP contribution in [0.4, 0.5) is 26.3 Å². The van der Waals surface area contributed by atoms with Crippen molar-refractivity contribution in [2.24, 2.45) is 4.99 Å². The van der Waals surface area contributed by atoms with Gasteiger partial charge in [-0.25, -0.2) is 18.1 Å². The Hall–Kier alpha value is -3.42. The zero-order valence-corrected chi connectivity index (χ0v) is 23.1. The molecule has 14 heteroatoms. The Morgan fingerprint density at radius 3 is 2.10 bits per heavy atom. The van der Waals surface area contributed by atoms with Crippen molar-refractivity contribution in [3.05, 3.63) is 54.1 Å². The molecule has 0 fully saturated rings. The third-order valence-electron chi connectivity index (χ3n) is 6.49. The van der Waals surface area contributed by atoms with Crippen LogP contribution in [0.15, 0.2) is 58.4 Å². The van der Waals surface area contributed by atoms with Crippen LogP contribution in [-0.4, -0.2) is 48.9 Å². The Bertz CT molecular complexity index is 1390. The highest BCUT2D eigenvalue weighted by molar-refractivity contribution is 7.90. The number of nitrogens with zero attached hydrogens (tertiary/aromatic N) is 2. The van der Waals surface area contributed by atoms with Gasteiger partial charge in [0, 0.05) is 18.4 Å². The smallest absolute Gasteiger partial charge is 0.293 e. The van der Waals surface area contributed by atoms with E-state index in [1.165, 1.54) is 49.4 Å². The second-order valence-corrected chi connectivity index (χ2v) is 11.2. The number of alkyl halides is 6. The maximum atomic E-state index is 13.7. The van der Waals surface area contributed by atoms with Gasteiger partial charge in [-0.15, -0.1) is 0 Å². The van der Waals surface area contributed by atoms with E-state index >= 15 is 0 Å². The molecule has 1 N–H and O–H groups in total. The maximum Gasteiger partial charge on any atom is 0.431 e. The highest BCUT2D eigenvalue weighted by Crippen LogP contribution is 2.50. The third-order valence-corrected chi connectivity index (χ3v) is 7.93. The summed E-state index contributed by atoms with van der Waals surface area (Å²) in [5.41, 5.74) is -4.12. The maximum absolute atomic E-state index is 13.7. The Labute approximate surface area is 233 Å². The van der Waals surface area contributed by atoms with Crippen molar-refractivity contribution in [3.63, 3.8) is 0 Å². The molecule has 0 aromatic heterocycles. The number of carbonyl (C=O) groups excluding carboxylic acids is 2. The number of unbranched alkanes of at least 4 members (excludes halogenated alkanes) is 2. The summed E-state index contributed by atoms with van der Waals surface area (Å²) in [6.07, 6.45) is -9.96. The fourth-order valence-electron chi connectivity index (χ4n) is 4.42. The fourth-order valence-corrected chi connectivity index (χ4v) is 5.67. The van der Waals surface area contributed by atoms with E-state index in [0.29, 0.717) is 16.9 Å². The number of amides is 2. The van der Waals surface area contributed by atoms with Crippen LogP contribution in [0.3, 0.4) is 0 Å². The minimum Gasteiger partial charge on any atom is -0.293 e. The Balaban J connectivity index is 1.89. The number of aliphatic imine (C=N–C) groups is 1. The number of hydrogen-bond donors (Lipinski definition) is 1. The number of carbonyl (C=O) groups is 2. The van der Waals surface area contributed by atoms with Crippen molar-refractivity contribution < 1.29 is 44.3 Å². The monoisotopic (exact) mass is 605 g/mol. The number of benzene rings is 2. The lowest BCUT2D eigenvalue weighted by Gasteiger charge is -2.30. The normalized spacial score (nSPS) is 15.7. The van der Waals surface area contributed by atoms with Gasteiger partial charge in [0.25, 0.3) is 15.9 Å². The third kappa shape index (κ3) is 6.57. The van der Waals surface area contributed by atoms with Gasteiger partial charge in [0.05, 0.1) is 11.4 Å². The summed E-state index contributed by atoms with van der Waals surface area (Å²) in [6.45, 7) is 2.86. The zero-order valence-electron chi connectivity index (χ0n) is 22.3. The summed E-state index contributed by atoms with van der Waals surface area (Å²) < 4.78 is 110. The van der Waals surface area contributed by atoms with Crippen molar-refractivity contribution in [2.45, 2.75) is 81.7 Å². The molecule has 224 valence electrons. The van der Waals surface area contributed by atoms with Crippen LogP contribution in [0.2, 0.25) is 0 Å². The first kappa shape index (κ1) is 32.1. The van der Waals surface area contributed by atoms with E-state index in [9.17, 15) is 44.3 Å². The van der Waals surface area contributed by atoms with Crippen LogP contribution in [-0.2, 0) is 26.2 Å². The molecule has 0 bridgehead atoms. The van der Waals surface area contributed by atoms with Gasteiger partial charge in [-0.1, -0.05) is 69.2 Å². The molecular weight excluding hydrogens is 576 g/mol. The topological polar surface area (TPSA) is 95.9 Å². The van der Waals surface area contributed by atoms with E-state index < -0.39 is 52.1 Å². The largest absolute Gasteiger partial charge is 0.431 e. The van der Waals surface area contributed by atoms with Gasteiger partial charge in [-0.05, 0) is 30.0 Å². The Kier molecular flexibility index (Phi) is 9.56. The number of nitrogens with one attached hydrogen (secondary N) is 1. The van der Waals surface area contributed by atoms with Crippen LogP contribution in [0.25, 0.3) is 11.1 Å². The van der Waals surface area contributed by atoms with E-state index in [1.54, 1.807) is 6.07 Å². The average Bonchev–Trinajstić information content (AvgIpc) is 3.17. The van der Waals surface area contributed by atoms with Gasteiger partial charge in [-0.3, -0.25) is 14.5 Å². The summed E-state index contributed by atoms with van der Waals surface area (Å²) >= 11 is 0. The average molecular weight is 606 g/mol. The quantitative estimate of drug-likeness (QED) is 0.246. The minimum absolute atomic E-state index is 0.0342. The van der Waals surface area contributed by atoms with Crippen LogP contribution >= 0.6 is 0 Å². The minimum atomic E-state index is -6.00. The molecule has 0 unspecified atom stereocenters. The molecule has 2 aromatic rings. The van der Waals surface area contributed by atoms with E-state index in [0.717, 1.165) is 12.8 Å². The molecule has 7 nitrogen and oxygen atoms in total. The second kappa shape index (κ2) is 12.2. The van der Waals surface area contributed by atoms with E-state index in [-0.39, 0.29) is 35.3 Å². The lowest BCUT2D eigenvalue weighted by Crippen LogP contribution is -2.61. The number of amidine groups is 1. The van der Waals surface area contributed by atoms with E-state index in [1.807, 2.05) is 11.6 Å². The van der Waals surface area contributed by atoms with Crippen LogP contribution in [0.5, 0.6) is 0 Å². The molecule has 0 spiro atoms. The van der Waals surface area contributed by atoms with Gasteiger partial charge in [0.15, 0.2) is 0 Å². The summed E-state index contributed by atoms with van der Waals surface area (Å²) in [5, 5.41) is 0. The number of hydrogen-bond acceptors (Lipinski definition) is 5. The number of halogens is 6. The number of sulfonamides is 1. The van der Waals surface area contributed by atoms with Crippen LogP contribution < -0.4 is 4.72 Å². The first-order valence-corrected chi connectivity index (χ1v) is 14.4. The molecule has 0 saturated carbocycles. The lowest BCUT2D eigenvalue weighted by molar-refractivity contribution is -0.283. The highest BCUT2D eigenvalue weighted by Gasteiger charge is 2.79. The zero-order chi connectivity index (χ0) is 30.6. The van der Waals surface area contributed by atoms with Crippen molar-refractivity contribution in [2.75, 3.05) is 0 Å². The Morgan fingerprint density at radius 2 is 1.54 bits per heavy atom. The van der Waals surface area contributed by atoms with Gasteiger partial charge in [0.2, 0.25) is 5.91 Å². The molecule has 1 aliphatic rings. The molecule has 0 aliphatic carbocycles. The van der Waals surface area contributed by atoms with Crippen molar-refractivity contribution in [3.8, 4) is 11.1 Å². The van der Waals surface area contributed by atoms with Gasteiger partial charge < -0.3 is 0 Å². The predicted octanol–water partition coefficient (Wildman–Crippen LogP) is 6.14. The van der Waals surface area contributed by atoms with Crippen molar-refractivity contribution >= 4 is 27.7 Å². The van der Waals surface area contributed by atoms with Crippen molar-refractivity contribution in [1.82, 2.24) is 9.62 Å². The molecule has 0 radical (unpaired) electrons. The van der Waals surface area contributed by atoms with Gasteiger partial charge in [0.1, 0.15) is 5.84 Å². The molecule has 41 heavy (non-hydrogen) atoms. The van der Waals surface area contributed by atoms with E-state index in [4.69, 9.17) is 0 Å². The summed E-state index contributed by atoms with van der Waals surface area (Å²) in [7, 11) is -4.25. The highest BCUT2D eigenvalue weighted by atomic mass is 32.2. The molecule has 1 heterocycles. The lowest BCUT2D eigenvalue weighted by atomic mass is 9.98. The van der Waals surface area contributed by atoms with Crippen LogP contribution in [0, 0.1) is 0 Å². The predicted molar refractivity (Wildman–Crippen MR) is 139 cm³/mol. The molecule has 2 aromatic carbocycles. The summed E-state index contributed by atoms with van der Waals surface area (Å²) in [4.78, 5) is 28.0. The molecule has 2 amide bonds. The molecule has 3 rings (SSSR count). The van der Waals surface area contributed by atoms with E-state index in [2.05, 4.69) is 4.99 Å². The second-order valence-electron chi connectivity index (χ2n) is 9.55. The van der Waals surface area contributed by atoms with Crippen LogP contribution in [0.1, 0.15) is 57.9 Å². The molecule has 1 aliphatic heterocycles. The summed E-state index contributed by atoms with van der Waals surface area (Å²) in [6, 6.07) is 11.4.